The number of fused-ring (bicyclic) bond motifs is 5. The first kappa shape index (κ1) is 14.5. The van der Waals surface area contributed by atoms with E-state index in [-0.39, 0.29) is 41.5 Å². The highest BCUT2D eigenvalue weighted by Crippen LogP contribution is 2.55. The summed E-state index contributed by atoms with van der Waals surface area (Å²) < 4.78 is 5.81. The number of rotatable bonds is 1. The smallest absolute Gasteiger partial charge is 0.173 e. The molecule has 1 aliphatic carbocycles. The zero-order valence-electron chi connectivity index (χ0n) is 13.5. The Bertz CT molecular complexity index is 778. The van der Waals surface area contributed by atoms with Gasteiger partial charge in [0.25, 0.3) is 0 Å². The van der Waals surface area contributed by atoms with Crippen molar-refractivity contribution in [2.45, 2.75) is 39.4 Å². The standard InChI is InChI=1S/C19H19NO3/c1-8-4-9(2)13(10(3)5-8)15-17(21)14-12-6-11(7-20)19(23-12)16(14)18(15)22/h4-5,11-12,14,16,19,22H,6H2,1-3H3/t11-,12+,14+,16-,19-/m1/s1. The number of carbonyl (C=O) groups is 1. The SMILES string of the molecule is Cc1cc(C)c(C2=C(O)[C@@H]3[C@@H]4O[C@@H](C[C@@H]4C#N)[C@@H]3C2=O)c(C)c1. The summed E-state index contributed by atoms with van der Waals surface area (Å²) in [5.41, 5.74) is 4.44. The summed E-state index contributed by atoms with van der Waals surface area (Å²) in [6.07, 6.45) is 0.0240. The van der Waals surface area contributed by atoms with Gasteiger partial charge in [0.1, 0.15) is 5.76 Å². The highest BCUT2D eigenvalue weighted by atomic mass is 16.5. The van der Waals surface area contributed by atoms with Crippen LogP contribution < -0.4 is 0 Å². The van der Waals surface area contributed by atoms with Crippen LogP contribution in [0.4, 0.5) is 0 Å². The number of nitrogens with zero attached hydrogens (tertiary/aromatic N) is 1. The van der Waals surface area contributed by atoms with Crippen LogP contribution >= 0.6 is 0 Å². The van der Waals surface area contributed by atoms with Gasteiger partial charge in [-0.05, 0) is 43.9 Å². The van der Waals surface area contributed by atoms with Gasteiger partial charge in [-0.1, -0.05) is 17.7 Å². The van der Waals surface area contributed by atoms with Gasteiger partial charge in [0.15, 0.2) is 5.78 Å². The second-order valence-electron chi connectivity index (χ2n) is 7.06. The van der Waals surface area contributed by atoms with Gasteiger partial charge in [0, 0.05) is 0 Å². The molecule has 23 heavy (non-hydrogen) atoms. The number of carbonyl (C=O) groups excluding carboxylic acids is 1. The van der Waals surface area contributed by atoms with Crippen molar-refractivity contribution in [2.24, 2.45) is 17.8 Å². The second-order valence-corrected chi connectivity index (χ2v) is 7.06. The van der Waals surface area contributed by atoms with Crippen LogP contribution in [0.5, 0.6) is 0 Å². The molecule has 1 N–H and O–H groups in total. The predicted molar refractivity (Wildman–Crippen MR) is 84.6 cm³/mol. The lowest BCUT2D eigenvalue weighted by Crippen LogP contribution is -2.33. The van der Waals surface area contributed by atoms with E-state index in [1.165, 1.54) is 0 Å². The van der Waals surface area contributed by atoms with E-state index in [9.17, 15) is 15.2 Å². The topological polar surface area (TPSA) is 70.3 Å². The molecule has 0 saturated carbocycles. The third-order valence-electron chi connectivity index (χ3n) is 5.57. The first-order valence-electron chi connectivity index (χ1n) is 8.04. The summed E-state index contributed by atoms with van der Waals surface area (Å²) in [5, 5.41) is 20.1. The van der Waals surface area contributed by atoms with Crippen molar-refractivity contribution < 1.29 is 14.6 Å². The highest BCUT2D eigenvalue weighted by molar-refractivity contribution is 6.26. The van der Waals surface area contributed by atoms with E-state index >= 15 is 0 Å². The van der Waals surface area contributed by atoms with Crippen molar-refractivity contribution in [3.05, 3.63) is 40.1 Å². The van der Waals surface area contributed by atoms with E-state index in [1.807, 2.05) is 32.9 Å². The predicted octanol–water partition coefficient (Wildman–Crippen LogP) is 3.01. The molecule has 3 aliphatic rings. The molecular formula is C19H19NO3. The van der Waals surface area contributed by atoms with Gasteiger partial charge < -0.3 is 9.84 Å². The molecule has 2 heterocycles. The maximum absolute atomic E-state index is 13.0. The average Bonchev–Trinajstić information content (AvgIpc) is 3.12. The quantitative estimate of drug-likeness (QED) is 0.865. The summed E-state index contributed by atoms with van der Waals surface area (Å²) in [7, 11) is 0. The molecule has 1 aromatic rings. The van der Waals surface area contributed by atoms with E-state index in [0.717, 1.165) is 22.3 Å². The first-order valence-corrected chi connectivity index (χ1v) is 8.04. The Morgan fingerprint density at radius 2 is 1.87 bits per heavy atom. The van der Waals surface area contributed by atoms with E-state index < -0.39 is 0 Å². The second kappa shape index (κ2) is 4.69. The van der Waals surface area contributed by atoms with Crippen molar-refractivity contribution >= 4 is 11.4 Å². The van der Waals surface area contributed by atoms with Crippen LogP contribution in [-0.2, 0) is 9.53 Å². The van der Waals surface area contributed by atoms with Gasteiger partial charge in [-0.25, -0.2) is 0 Å². The molecule has 0 unspecified atom stereocenters. The number of Topliss-reactive ketones (excluding diaryl/α,β-unsaturated/α-hetero) is 1. The molecule has 118 valence electrons. The van der Waals surface area contributed by atoms with E-state index in [2.05, 4.69) is 6.07 Å². The van der Waals surface area contributed by atoms with Gasteiger partial charge in [0.05, 0.1) is 41.6 Å². The third kappa shape index (κ3) is 1.77. The van der Waals surface area contributed by atoms with Crippen molar-refractivity contribution in [2.75, 3.05) is 0 Å². The largest absolute Gasteiger partial charge is 0.511 e. The third-order valence-corrected chi connectivity index (χ3v) is 5.57. The molecular weight excluding hydrogens is 290 g/mol. The maximum Gasteiger partial charge on any atom is 0.173 e. The van der Waals surface area contributed by atoms with Crippen LogP contribution in [0.1, 0.15) is 28.7 Å². The number of ketones is 1. The Morgan fingerprint density at radius 3 is 2.48 bits per heavy atom. The number of hydrogen-bond donors (Lipinski definition) is 1. The number of aliphatic hydroxyl groups is 1. The van der Waals surface area contributed by atoms with Crippen LogP contribution in [0.2, 0.25) is 0 Å². The van der Waals surface area contributed by atoms with Crippen molar-refractivity contribution in [3.63, 3.8) is 0 Å². The van der Waals surface area contributed by atoms with Crippen LogP contribution in [0.15, 0.2) is 17.9 Å². The average molecular weight is 309 g/mol. The Hall–Kier alpha value is -2.12. The Labute approximate surface area is 135 Å². The molecule has 2 saturated heterocycles. The summed E-state index contributed by atoms with van der Waals surface area (Å²) in [4.78, 5) is 13.0. The number of nitriles is 1. The van der Waals surface area contributed by atoms with Crippen LogP contribution in [0.25, 0.3) is 5.57 Å². The zero-order chi connectivity index (χ0) is 16.5. The number of benzene rings is 1. The van der Waals surface area contributed by atoms with Gasteiger partial charge in [-0.3, -0.25) is 4.79 Å². The lowest BCUT2D eigenvalue weighted by molar-refractivity contribution is -0.118. The number of aliphatic hydroxyl groups excluding tert-OH is 1. The van der Waals surface area contributed by atoms with Gasteiger partial charge >= 0.3 is 0 Å². The molecule has 2 fully saturated rings. The Balaban J connectivity index is 1.85. The molecule has 0 spiro atoms. The van der Waals surface area contributed by atoms with Crippen molar-refractivity contribution in [1.82, 2.24) is 0 Å². The number of aryl methyl sites for hydroxylation is 3. The zero-order valence-corrected chi connectivity index (χ0v) is 13.5. The summed E-state index contributed by atoms with van der Waals surface area (Å²) in [6.45, 7) is 5.97. The number of hydrogen-bond acceptors (Lipinski definition) is 4. The minimum Gasteiger partial charge on any atom is -0.511 e. The summed E-state index contributed by atoms with van der Waals surface area (Å²) >= 11 is 0. The molecule has 5 atom stereocenters. The number of allylic oxidation sites excluding steroid dienone is 1. The molecule has 1 aromatic carbocycles. The molecule has 0 aromatic heterocycles. The molecule has 0 radical (unpaired) electrons. The molecule has 2 bridgehead atoms. The normalized spacial score (nSPS) is 34.9. The Morgan fingerprint density at radius 1 is 1.22 bits per heavy atom. The lowest BCUT2D eigenvalue weighted by Gasteiger charge is -2.23. The molecule has 2 aliphatic heterocycles. The fraction of sp³-hybridized carbons (Fsp3) is 0.474. The monoisotopic (exact) mass is 309 g/mol. The minimum absolute atomic E-state index is 0.0218. The first-order chi connectivity index (χ1) is 10.9. The molecule has 0 amide bonds. The van der Waals surface area contributed by atoms with Gasteiger partial charge in [-0.2, -0.15) is 5.26 Å². The summed E-state index contributed by atoms with van der Waals surface area (Å²) in [5.74, 6) is -0.787. The Kier molecular flexibility index (Phi) is 2.95. The molecule has 4 rings (SSSR count). The fourth-order valence-electron chi connectivity index (χ4n) is 4.81. The van der Waals surface area contributed by atoms with Gasteiger partial charge in [0.2, 0.25) is 0 Å². The maximum atomic E-state index is 13.0. The highest BCUT2D eigenvalue weighted by Gasteiger charge is 2.62. The van der Waals surface area contributed by atoms with E-state index in [4.69, 9.17) is 4.74 Å². The lowest BCUT2D eigenvalue weighted by atomic mass is 9.75. The molecule has 4 heteroatoms. The van der Waals surface area contributed by atoms with Crippen molar-refractivity contribution in [1.29, 1.82) is 5.26 Å². The number of ether oxygens (including phenoxy) is 1. The molecule has 4 nitrogen and oxygen atoms in total. The minimum atomic E-state index is -0.346. The van der Waals surface area contributed by atoms with Gasteiger partial charge in [-0.15, -0.1) is 0 Å². The van der Waals surface area contributed by atoms with Crippen molar-refractivity contribution in [3.8, 4) is 6.07 Å². The summed E-state index contributed by atoms with van der Waals surface area (Å²) in [6, 6.07) is 6.33. The van der Waals surface area contributed by atoms with E-state index in [1.54, 1.807) is 0 Å². The fourth-order valence-corrected chi connectivity index (χ4v) is 4.81. The van der Waals surface area contributed by atoms with Crippen LogP contribution in [0.3, 0.4) is 0 Å². The van der Waals surface area contributed by atoms with Crippen LogP contribution in [0, 0.1) is 49.9 Å². The van der Waals surface area contributed by atoms with E-state index in [0.29, 0.717) is 12.0 Å². The van der Waals surface area contributed by atoms with Crippen LogP contribution in [-0.4, -0.2) is 23.1 Å².